The van der Waals surface area contributed by atoms with Gasteiger partial charge in [0.15, 0.2) is 0 Å². The van der Waals surface area contributed by atoms with E-state index in [1.807, 2.05) is 18.0 Å². The van der Waals surface area contributed by atoms with Gasteiger partial charge in [0.25, 0.3) is 0 Å². The minimum Gasteiger partial charge on any atom is -0.290 e. The van der Waals surface area contributed by atoms with E-state index in [9.17, 15) is 18.4 Å². The predicted molar refractivity (Wildman–Crippen MR) is 91.0 cm³/mol. The van der Waals surface area contributed by atoms with Crippen LogP contribution < -0.4 is 5.01 Å². The molecule has 136 valence electrons. The van der Waals surface area contributed by atoms with Crippen molar-refractivity contribution >= 4 is 5.82 Å². The van der Waals surface area contributed by atoms with Gasteiger partial charge < -0.3 is 0 Å². The standard InChI is InChI=1S/C18H18F3N5/c1-2-26(25-8-3-4-9-25)17-11-15(23-16(12-22)24-17)13-6-5-7-14(10-13)18(19,20)21/h5-7,10-11H,2-4,8-9H2,1H3. The Kier molecular flexibility index (Phi) is 5.09. The maximum atomic E-state index is 13.0. The minimum atomic E-state index is -4.44. The maximum Gasteiger partial charge on any atom is 0.416 e. The summed E-state index contributed by atoms with van der Waals surface area (Å²) in [4.78, 5) is 8.36. The second kappa shape index (κ2) is 7.30. The molecule has 5 nitrogen and oxygen atoms in total. The van der Waals surface area contributed by atoms with Gasteiger partial charge in [0.05, 0.1) is 11.3 Å². The van der Waals surface area contributed by atoms with Crippen LogP contribution in [-0.4, -0.2) is 34.6 Å². The van der Waals surface area contributed by atoms with E-state index in [-0.39, 0.29) is 5.82 Å². The highest BCUT2D eigenvalue weighted by molar-refractivity contribution is 5.64. The topological polar surface area (TPSA) is 56.1 Å². The number of nitrogens with zero attached hydrogens (tertiary/aromatic N) is 5. The van der Waals surface area contributed by atoms with Gasteiger partial charge in [-0.05, 0) is 31.9 Å². The van der Waals surface area contributed by atoms with Gasteiger partial charge in [-0.25, -0.2) is 15.0 Å². The molecule has 1 fully saturated rings. The molecule has 0 aliphatic carbocycles. The van der Waals surface area contributed by atoms with E-state index >= 15 is 0 Å². The molecule has 0 saturated carbocycles. The summed E-state index contributed by atoms with van der Waals surface area (Å²) >= 11 is 0. The molecule has 1 aliphatic rings. The van der Waals surface area contributed by atoms with Crippen molar-refractivity contribution < 1.29 is 13.2 Å². The molecule has 2 aromatic rings. The Bertz CT molecular complexity index is 822. The fourth-order valence-corrected chi connectivity index (χ4v) is 3.07. The quantitative estimate of drug-likeness (QED) is 0.827. The fraction of sp³-hybridized carbons (Fsp3) is 0.389. The monoisotopic (exact) mass is 361 g/mol. The number of rotatable bonds is 4. The number of hydrazine groups is 1. The summed E-state index contributed by atoms with van der Waals surface area (Å²) < 4.78 is 39.0. The first kappa shape index (κ1) is 18.1. The Balaban J connectivity index is 2.04. The van der Waals surface area contributed by atoms with Crippen molar-refractivity contribution in [1.82, 2.24) is 15.0 Å². The van der Waals surface area contributed by atoms with Gasteiger partial charge in [-0.3, -0.25) is 5.01 Å². The van der Waals surface area contributed by atoms with E-state index in [1.165, 1.54) is 6.07 Å². The Morgan fingerprint density at radius 2 is 1.92 bits per heavy atom. The number of anilines is 1. The summed E-state index contributed by atoms with van der Waals surface area (Å²) in [6.45, 7) is 4.39. The summed E-state index contributed by atoms with van der Waals surface area (Å²) in [5.74, 6) is 0.459. The highest BCUT2D eigenvalue weighted by Crippen LogP contribution is 2.32. The Morgan fingerprint density at radius 3 is 2.54 bits per heavy atom. The Labute approximate surface area is 149 Å². The van der Waals surface area contributed by atoms with Crippen molar-refractivity contribution in [2.45, 2.75) is 25.9 Å². The van der Waals surface area contributed by atoms with Crippen LogP contribution >= 0.6 is 0 Å². The summed E-state index contributed by atoms with van der Waals surface area (Å²) in [6.07, 6.45) is -2.28. The molecule has 0 N–H and O–H groups in total. The summed E-state index contributed by atoms with van der Waals surface area (Å²) in [5.41, 5.74) is -0.145. The summed E-state index contributed by atoms with van der Waals surface area (Å²) in [7, 11) is 0. The third-order valence-corrected chi connectivity index (χ3v) is 4.29. The summed E-state index contributed by atoms with van der Waals surface area (Å²) in [6, 6.07) is 8.48. The molecule has 2 heterocycles. The van der Waals surface area contributed by atoms with E-state index < -0.39 is 11.7 Å². The van der Waals surface area contributed by atoms with Gasteiger partial charge in [-0.15, -0.1) is 0 Å². The number of hydrogen-bond acceptors (Lipinski definition) is 5. The lowest BCUT2D eigenvalue weighted by Gasteiger charge is -2.31. The molecule has 1 saturated heterocycles. The van der Waals surface area contributed by atoms with E-state index in [4.69, 9.17) is 0 Å². The molecular formula is C18H18F3N5. The maximum absolute atomic E-state index is 13.0. The molecular weight excluding hydrogens is 343 g/mol. The number of aromatic nitrogens is 2. The molecule has 1 aromatic carbocycles. The second-order valence-corrected chi connectivity index (χ2v) is 6.00. The van der Waals surface area contributed by atoms with Crippen LogP contribution in [0.3, 0.4) is 0 Å². The zero-order valence-corrected chi connectivity index (χ0v) is 14.3. The van der Waals surface area contributed by atoms with Crippen LogP contribution in [0.2, 0.25) is 0 Å². The van der Waals surface area contributed by atoms with E-state index in [1.54, 1.807) is 12.1 Å². The molecule has 0 atom stereocenters. The SMILES string of the molecule is CCN(c1cc(-c2cccc(C(F)(F)F)c2)nc(C#N)n1)N1CCCC1. The predicted octanol–water partition coefficient (Wildman–Crippen LogP) is 3.87. The van der Waals surface area contributed by atoms with Crippen molar-refractivity contribution in [3.05, 3.63) is 41.7 Å². The lowest BCUT2D eigenvalue weighted by molar-refractivity contribution is -0.137. The molecule has 26 heavy (non-hydrogen) atoms. The Morgan fingerprint density at radius 1 is 1.19 bits per heavy atom. The van der Waals surface area contributed by atoms with Gasteiger partial charge in [0.1, 0.15) is 11.9 Å². The van der Waals surface area contributed by atoms with Crippen LogP contribution in [0.5, 0.6) is 0 Å². The average Bonchev–Trinajstić information content (AvgIpc) is 3.16. The number of hydrogen-bond donors (Lipinski definition) is 0. The van der Waals surface area contributed by atoms with Crippen molar-refractivity contribution in [3.8, 4) is 17.3 Å². The van der Waals surface area contributed by atoms with E-state index in [0.29, 0.717) is 23.6 Å². The first-order valence-corrected chi connectivity index (χ1v) is 8.41. The molecule has 1 aliphatic heterocycles. The molecule has 0 unspecified atom stereocenters. The molecule has 3 rings (SSSR count). The van der Waals surface area contributed by atoms with E-state index in [2.05, 4.69) is 15.0 Å². The van der Waals surface area contributed by atoms with Crippen LogP contribution in [0.15, 0.2) is 30.3 Å². The van der Waals surface area contributed by atoms with Gasteiger partial charge in [0.2, 0.25) is 5.82 Å². The van der Waals surface area contributed by atoms with Crippen molar-refractivity contribution in [2.75, 3.05) is 24.6 Å². The first-order chi connectivity index (χ1) is 12.4. The molecule has 1 aromatic heterocycles. The van der Waals surface area contributed by atoms with Crippen LogP contribution in [0, 0.1) is 11.3 Å². The number of halogens is 3. The van der Waals surface area contributed by atoms with Gasteiger partial charge in [-0.2, -0.15) is 18.4 Å². The zero-order chi connectivity index (χ0) is 18.7. The van der Waals surface area contributed by atoms with Gasteiger partial charge in [-0.1, -0.05) is 12.1 Å². The lowest BCUT2D eigenvalue weighted by Crippen LogP contribution is -2.41. The molecule has 0 amide bonds. The highest BCUT2D eigenvalue weighted by Gasteiger charge is 2.30. The van der Waals surface area contributed by atoms with Crippen LogP contribution in [0.4, 0.5) is 19.0 Å². The number of benzene rings is 1. The third kappa shape index (κ3) is 3.78. The summed E-state index contributed by atoms with van der Waals surface area (Å²) in [5, 5.41) is 13.3. The van der Waals surface area contributed by atoms with Crippen LogP contribution in [0.1, 0.15) is 31.2 Å². The Hall–Kier alpha value is -2.66. The fourth-order valence-electron chi connectivity index (χ4n) is 3.07. The van der Waals surface area contributed by atoms with Crippen LogP contribution in [0.25, 0.3) is 11.3 Å². The number of alkyl halides is 3. The van der Waals surface area contributed by atoms with Gasteiger partial charge in [0, 0.05) is 31.3 Å². The second-order valence-electron chi connectivity index (χ2n) is 6.00. The largest absolute Gasteiger partial charge is 0.416 e. The first-order valence-electron chi connectivity index (χ1n) is 8.41. The van der Waals surface area contributed by atoms with Crippen molar-refractivity contribution in [3.63, 3.8) is 0 Å². The molecule has 8 heteroatoms. The van der Waals surface area contributed by atoms with Gasteiger partial charge >= 0.3 is 6.18 Å². The minimum absolute atomic E-state index is 0.0624. The van der Waals surface area contributed by atoms with Crippen molar-refractivity contribution in [2.24, 2.45) is 0 Å². The molecule has 0 spiro atoms. The normalized spacial score (nSPS) is 15.0. The van der Waals surface area contributed by atoms with Crippen LogP contribution in [-0.2, 0) is 6.18 Å². The molecule has 0 bridgehead atoms. The lowest BCUT2D eigenvalue weighted by atomic mass is 10.1. The van der Waals surface area contributed by atoms with E-state index in [0.717, 1.165) is 38.1 Å². The average molecular weight is 361 g/mol. The number of nitriles is 1. The zero-order valence-electron chi connectivity index (χ0n) is 14.3. The highest BCUT2D eigenvalue weighted by atomic mass is 19.4. The van der Waals surface area contributed by atoms with Crippen molar-refractivity contribution in [1.29, 1.82) is 5.26 Å². The molecule has 0 radical (unpaired) electrons. The smallest absolute Gasteiger partial charge is 0.290 e. The third-order valence-electron chi connectivity index (χ3n) is 4.29.